The van der Waals surface area contributed by atoms with Gasteiger partial charge < -0.3 is 16.2 Å². The number of benzene rings is 1. The fourth-order valence-electron chi connectivity index (χ4n) is 1.22. The van der Waals surface area contributed by atoms with Crippen LogP contribution in [0.4, 0.5) is 18.9 Å². The molecule has 4 N–H and O–H groups in total. The standard InChI is InChI=1S/C11H13F3N2O2/c1-2-7(15)10(18)16-8-5-6(11(12,13)14)3-4-9(8)17/h3-5,7,17H,2,15H2,1H3,(H,16,18). The second-order valence-electron chi connectivity index (χ2n) is 3.73. The predicted molar refractivity (Wildman–Crippen MR) is 60.0 cm³/mol. The van der Waals surface area contributed by atoms with E-state index >= 15 is 0 Å². The summed E-state index contributed by atoms with van der Waals surface area (Å²) in [6.07, 6.45) is -4.20. The van der Waals surface area contributed by atoms with Crippen LogP contribution in [-0.2, 0) is 11.0 Å². The highest BCUT2D eigenvalue weighted by atomic mass is 19.4. The summed E-state index contributed by atoms with van der Waals surface area (Å²) in [5, 5.41) is 11.5. The lowest BCUT2D eigenvalue weighted by molar-refractivity contribution is -0.137. The number of amides is 1. The number of aromatic hydroxyl groups is 1. The van der Waals surface area contributed by atoms with Crippen molar-refractivity contribution in [1.29, 1.82) is 0 Å². The Kier molecular flexibility index (Phi) is 4.18. The molecule has 1 aromatic carbocycles. The van der Waals surface area contributed by atoms with E-state index in [0.717, 1.165) is 12.1 Å². The molecule has 0 heterocycles. The highest BCUT2D eigenvalue weighted by molar-refractivity contribution is 5.95. The van der Waals surface area contributed by atoms with Crippen LogP contribution in [0.1, 0.15) is 18.9 Å². The third kappa shape index (κ3) is 3.36. The molecule has 0 aromatic heterocycles. The first-order valence-electron chi connectivity index (χ1n) is 5.22. The Labute approximate surface area is 102 Å². The molecule has 0 aliphatic carbocycles. The molecule has 1 atom stereocenters. The topological polar surface area (TPSA) is 75.4 Å². The van der Waals surface area contributed by atoms with Crippen molar-refractivity contribution in [2.45, 2.75) is 25.6 Å². The number of carbonyl (C=O) groups is 1. The highest BCUT2D eigenvalue weighted by Crippen LogP contribution is 2.34. The normalized spacial score (nSPS) is 13.2. The smallest absolute Gasteiger partial charge is 0.416 e. The average molecular weight is 262 g/mol. The fraction of sp³-hybridized carbons (Fsp3) is 0.364. The summed E-state index contributed by atoms with van der Waals surface area (Å²) in [5.74, 6) is -1.09. The molecule has 0 bridgehead atoms. The van der Waals surface area contributed by atoms with Crippen LogP contribution in [0.2, 0.25) is 0 Å². The molecule has 4 nitrogen and oxygen atoms in total. The number of carbonyl (C=O) groups excluding carboxylic acids is 1. The molecular weight excluding hydrogens is 249 g/mol. The first kappa shape index (κ1) is 14.3. The van der Waals surface area contributed by atoms with Crippen molar-refractivity contribution in [3.8, 4) is 5.75 Å². The Bertz CT molecular complexity index is 446. The number of hydrogen-bond donors (Lipinski definition) is 3. The van der Waals surface area contributed by atoms with Gasteiger partial charge in [0.1, 0.15) is 5.75 Å². The SMILES string of the molecule is CCC(N)C(=O)Nc1cc(C(F)(F)F)ccc1O. The second kappa shape index (κ2) is 5.26. The number of anilines is 1. The lowest BCUT2D eigenvalue weighted by atomic mass is 10.1. The van der Waals surface area contributed by atoms with Crippen molar-refractivity contribution in [2.75, 3.05) is 5.32 Å². The van der Waals surface area contributed by atoms with Gasteiger partial charge in [-0.2, -0.15) is 13.2 Å². The minimum atomic E-state index is -4.54. The van der Waals surface area contributed by atoms with E-state index in [-0.39, 0.29) is 5.69 Å². The van der Waals surface area contributed by atoms with Crippen LogP contribution in [0.15, 0.2) is 18.2 Å². The van der Waals surface area contributed by atoms with Gasteiger partial charge in [0.15, 0.2) is 0 Å². The zero-order valence-electron chi connectivity index (χ0n) is 9.58. The number of alkyl halides is 3. The maximum atomic E-state index is 12.4. The lowest BCUT2D eigenvalue weighted by Gasteiger charge is -2.13. The van der Waals surface area contributed by atoms with Crippen molar-refractivity contribution in [1.82, 2.24) is 0 Å². The van der Waals surface area contributed by atoms with Gasteiger partial charge in [0.25, 0.3) is 0 Å². The van der Waals surface area contributed by atoms with Crippen LogP contribution in [0.5, 0.6) is 5.75 Å². The van der Waals surface area contributed by atoms with Crippen LogP contribution >= 0.6 is 0 Å². The Hall–Kier alpha value is -1.76. The first-order valence-corrected chi connectivity index (χ1v) is 5.22. The Morgan fingerprint density at radius 1 is 1.50 bits per heavy atom. The van der Waals surface area contributed by atoms with Gasteiger partial charge in [-0.3, -0.25) is 4.79 Å². The van der Waals surface area contributed by atoms with E-state index in [1.807, 2.05) is 0 Å². The van der Waals surface area contributed by atoms with Gasteiger partial charge >= 0.3 is 6.18 Å². The quantitative estimate of drug-likeness (QED) is 0.730. The third-order valence-electron chi connectivity index (χ3n) is 2.36. The monoisotopic (exact) mass is 262 g/mol. The minimum Gasteiger partial charge on any atom is -0.506 e. The van der Waals surface area contributed by atoms with Gasteiger partial charge in [-0.05, 0) is 24.6 Å². The van der Waals surface area contributed by atoms with Gasteiger partial charge in [0.05, 0.1) is 17.3 Å². The molecule has 100 valence electrons. The molecule has 0 aliphatic heterocycles. The molecule has 0 saturated carbocycles. The zero-order chi connectivity index (χ0) is 13.9. The minimum absolute atomic E-state index is 0.307. The maximum absolute atomic E-state index is 12.4. The van der Waals surface area contributed by atoms with E-state index in [9.17, 15) is 23.1 Å². The number of nitrogens with one attached hydrogen (secondary N) is 1. The second-order valence-corrected chi connectivity index (χ2v) is 3.73. The summed E-state index contributed by atoms with van der Waals surface area (Å²) < 4.78 is 37.3. The van der Waals surface area contributed by atoms with Crippen LogP contribution in [0, 0.1) is 0 Å². The van der Waals surface area contributed by atoms with Crippen molar-refractivity contribution >= 4 is 11.6 Å². The van der Waals surface area contributed by atoms with Crippen molar-refractivity contribution in [2.24, 2.45) is 5.73 Å². The molecule has 0 radical (unpaired) electrons. The van der Waals surface area contributed by atoms with E-state index < -0.39 is 29.4 Å². The van der Waals surface area contributed by atoms with Crippen LogP contribution in [-0.4, -0.2) is 17.1 Å². The molecule has 0 fully saturated rings. The zero-order valence-corrected chi connectivity index (χ0v) is 9.58. The largest absolute Gasteiger partial charge is 0.506 e. The van der Waals surface area contributed by atoms with Crippen LogP contribution in [0.25, 0.3) is 0 Å². The van der Waals surface area contributed by atoms with Gasteiger partial charge in [-0.1, -0.05) is 6.92 Å². The van der Waals surface area contributed by atoms with Crippen LogP contribution in [0.3, 0.4) is 0 Å². The molecule has 0 spiro atoms. The van der Waals surface area contributed by atoms with Gasteiger partial charge in [0, 0.05) is 0 Å². The van der Waals surface area contributed by atoms with E-state index in [0.29, 0.717) is 12.5 Å². The molecule has 1 aromatic rings. The lowest BCUT2D eigenvalue weighted by Crippen LogP contribution is -2.34. The number of nitrogens with two attached hydrogens (primary N) is 1. The van der Waals surface area contributed by atoms with Gasteiger partial charge in [-0.15, -0.1) is 0 Å². The van der Waals surface area contributed by atoms with E-state index in [1.165, 1.54) is 0 Å². The van der Waals surface area contributed by atoms with E-state index in [1.54, 1.807) is 6.92 Å². The fourth-order valence-corrected chi connectivity index (χ4v) is 1.22. The van der Waals surface area contributed by atoms with Gasteiger partial charge in [0.2, 0.25) is 5.91 Å². The molecule has 1 unspecified atom stereocenters. The average Bonchev–Trinajstić information content (AvgIpc) is 2.29. The summed E-state index contributed by atoms with van der Waals surface area (Å²) in [4.78, 5) is 11.4. The maximum Gasteiger partial charge on any atom is 0.416 e. The Morgan fingerprint density at radius 2 is 2.11 bits per heavy atom. The Morgan fingerprint density at radius 3 is 2.61 bits per heavy atom. The van der Waals surface area contributed by atoms with E-state index in [2.05, 4.69) is 5.32 Å². The summed E-state index contributed by atoms with van der Waals surface area (Å²) >= 11 is 0. The molecule has 1 rings (SSSR count). The van der Waals surface area contributed by atoms with Gasteiger partial charge in [-0.25, -0.2) is 0 Å². The van der Waals surface area contributed by atoms with Crippen molar-refractivity contribution in [3.63, 3.8) is 0 Å². The molecule has 1 amide bonds. The molecule has 7 heteroatoms. The highest BCUT2D eigenvalue weighted by Gasteiger charge is 2.31. The van der Waals surface area contributed by atoms with E-state index in [4.69, 9.17) is 5.73 Å². The number of phenolic OH excluding ortho intramolecular Hbond substituents is 1. The number of phenols is 1. The van der Waals surface area contributed by atoms with Crippen LogP contribution < -0.4 is 11.1 Å². The molecule has 0 saturated heterocycles. The predicted octanol–water partition coefficient (Wildman–Crippen LogP) is 2.09. The number of rotatable bonds is 3. The Balaban J connectivity index is 2.99. The summed E-state index contributed by atoms with van der Waals surface area (Å²) in [5.41, 5.74) is 4.16. The van der Waals surface area contributed by atoms with Crippen molar-refractivity contribution < 1.29 is 23.1 Å². The molecule has 0 aliphatic rings. The third-order valence-corrected chi connectivity index (χ3v) is 2.36. The van der Waals surface area contributed by atoms with Crippen molar-refractivity contribution in [3.05, 3.63) is 23.8 Å². The summed E-state index contributed by atoms with van der Waals surface area (Å²) in [6.45, 7) is 1.66. The number of hydrogen-bond acceptors (Lipinski definition) is 3. The first-order chi connectivity index (χ1) is 8.25. The summed E-state index contributed by atoms with van der Waals surface area (Å²) in [6, 6.07) is 1.43. The molecule has 18 heavy (non-hydrogen) atoms. The number of halogens is 3. The summed E-state index contributed by atoms with van der Waals surface area (Å²) in [7, 11) is 0. The molecular formula is C11H13F3N2O2.